The minimum absolute atomic E-state index is 0.0225. The normalized spacial score (nSPS) is 19.3. The number of hydrogen-bond donors (Lipinski definition) is 3. The standard InChI is InChI=1S/C18H22F3N7O2/c19-18(20,21)14-5-6-23-8-12(14)9-25-17-26-10-15(28(29)30)16(27-17)24-7-11-1-3-13(22)4-2-11/h5-6,8,10-11,13H,1-4,7,9,22H2,(H2,24,25,26,27)/t11-,13-. The SMILES string of the molecule is N[C@H]1CC[C@H](CNc2nc(NCc3cnccc3C(F)(F)F)ncc2[N+](=O)[O-])CC1. The van der Waals surface area contributed by atoms with Crippen LogP contribution >= 0.6 is 0 Å². The summed E-state index contributed by atoms with van der Waals surface area (Å²) in [6, 6.07) is 1.08. The quantitative estimate of drug-likeness (QED) is 0.455. The summed E-state index contributed by atoms with van der Waals surface area (Å²) in [5, 5.41) is 16.9. The van der Waals surface area contributed by atoms with Crippen LogP contribution in [-0.2, 0) is 12.7 Å². The van der Waals surface area contributed by atoms with Crippen LogP contribution in [0.4, 0.5) is 30.6 Å². The molecular weight excluding hydrogens is 403 g/mol. The molecule has 162 valence electrons. The Morgan fingerprint density at radius 3 is 2.60 bits per heavy atom. The van der Waals surface area contributed by atoms with Gasteiger partial charge in [-0.2, -0.15) is 18.2 Å². The molecule has 2 aromatic rings. The van der Waals surface area contributed by atoms with Crippen molar-refractivity contribution in [1.29, 1.82) is 0 Å². The summed E-state index contributed by atoms with van der Waals surface area (Å²) in [5.74, 6) is 0.320. The van der Waals surface area contributed by atoms with E-state index in [0.29, 0.717) is 12.5 Å². The zero-order chi connectivity index (χ0) is 21.7. The Balaban J connectivity index is 1.71. The molecule has 0 amide bonds. The third-order valence-electron chi connectivity index (χ3n) is 5.06. The zero-order valence-corrected chi connectivity index (χ0v) is 16.0. The molecule has 1 aliphatic carbocycles. The van der Waals surface area contributed by atoms with Crippen LogP contribution in [-0.4, -0.2) is 32.5 Å². The first-order valence-corrected chi connectivity index (χ1v) is 9.49. The molecule has 0 bridgehead atoms. The van der Waals surface area contributed by atoms with Crippen molar-refractivity contribution in [1.82, 2.24) is 15.0 Å². The largest absolute Gasteiger partial charge is 0.416 e. The number of anilines is 2. The Morgan fingerprint density at radius 2 is 1.93 bits per heavy atom. The molecule has 1 saturated carbocycles. The van der Waals surface area contributed by atoms with E-state index in [4.69, 9.17) is 5.73 Å². The van der Waals surface area contributed by atoms with Crippen LogP contribution < -0.4 is 16.4 Å². The fraction of sp³-hybridized carbons (Fsp3) is 0.500. The Hall–Kier alpha value is -3.02. The minimum Gasteiger partial charge on any atom is -0.364 e. The highest BCUT2D eigenvalue weighted by molar-refractivity contribution is 5.57. The number of nitrogens with one attached hydrogen (secondary N) is 2. The molecule has 1 aliphatic rings. The van der Waals surface area contributed by atoms with E-state index in [1.807, 2.05) is 0 Å². The highest BCUT2D eigenvalue weighted by Crippen LogP contribution is 2.32. The smallest absolute Gasteiger partial charge is 0.364 e. The molecule has 0 aromatic carbocycles. The summed E-state index contributed by atoms with van der Waals surface area (Å²) in [5.41, 5.74) is 4.69. The van der Waals surface area contributed by atoms with E-state index in [-0.39, 0.29) is 35.6 Å². The topological polar surface area (TPSA) is 132 Å². The van der Waals surface area contributed by atoms with Gasteiger partial charge in [-0.05, 0) is 37.7 Å². The molecule has 3 rings (SSSR count). The first-order chi connectivity index (χ1) is 14.2. The van der Waals surface area contributed by atoms with Crippen molar-refractivity contribution >= 4 is 17.5 Å². The average Bonchev–Trinajstić information content (AvgIpc) is 2.71. The van der Waals surface area contributed by atoms with Gasteiger partial charge >= 0.3 is 11.9 Å². The summed E-state index contributed by atoms with van der Waals surface area (Å²) >= 11 is 0. The van der Waals surface area contributed by atoms with Gasteiger partial charge in [0, 0.05) is 37.1 Å². The number of nitro groups is 1. The minimum atomic E-state index is -4.52. The molecule has 0 aliphatic heterocycles. The maximum atomic E-state index is 13.1. The highest BCUT2D eigenvalue weighted by Gasteiger charge is 2.33. The number of nitrogens with zero attached hydrogens (tertiary/aromatic N) is 4. The predicted molar refractivity (Wildman–Crippen MR) is 104 cm³/mol. The van der Waals surface area contributed by atoms with Crippen molar-refractivity contribution in [2.24, 2.45) is 11.7 Å². The lowest BCUT2D eigenvalue weighted by Gasteiger charge is -2.26. The molecule has 0 atom stereocenters. The molecule has 0 saturated heterocycles. The number of pyridine rings is 1. The van der Waals surface area contributed by atoms with E-state index in [1.54, 1.807) is 0 Å². The Kier molecular flexibility index (Phi) is 6.65. The molecular formula is C18H22F3N7O2. The first kappa shape index (κ1) is 21.7. The number of aromatic nitrogens is 3. The molecule has 0 radical (unpaired) electrons. The number of alkyl halides is 3. The van der Waals surface area contributed by atoms with Gasteiger partial charge in [0.05, 0.1) is 10.5 Å². The number of nitrogens with two attached hydrogens (primary N) is 1. The van der Waals surface area contributed by atoms with Gasteiger partial charge < -0.3 is 16.4 Å². The van der Waals surface area contributed by atoms with E-state index in [1.165, 1.54) is 0 Å². The summed E-state index contributed by atoms with van der Waals surface area (Å²) in [4.78, 5) is 22.3. The number of rotatable bonds is 7. The molecule has 0 unspecified atom stereocenters. The Labute approximate surface area is 170 Å². The molecule has 2 aromatic heterocycles. The monoisotopic (exact) mass is 425 g/mol. The average molecular weight is 425 g/mol. The lowest BCUT2D eigenvalue weighted by molar-refractivity contribution is -0.384. The second kappa shape index (κ2) is 9.20. The van der Waals surface area contributed by atoms with Gasteiger partial charge in [-0.25, -0.2) is 4.98 Å². The van der Waals surface area contributed by atoms with Gasteiger partial charge in [-0.3, -0.25) is 15.1 Å². The van der Waals surface area contributed by atoms with Crippen molar-refractivity contribution in [3.63, 3.8) is 0 Å². The Bertz CT molecular complexity index is 886. The van der Waals surface area contributed by atoms with Crippen LogP contribution in [0.2, 0.25) is 0 Å². The van der Waals surface area contributed by atoms with E-state index < -0.39 is 16.7 Å². The highest BCUT2D eigenvalue weighted by atomic mass is 19.4. The molecule has 30 heavy (non-hydrogen) atoms. The molecule has 2 heterocycles. The summed E-state index contributed by atoms with van der Waals surface area (Å²) in [7, 11) is 0. The van der Waals surface area contributed by atoms with Gasteiger partial charge in [0.15, 0.2) is 0 Å². The van der Waals surface area contributed by atoms with Crippen LogP contribution in [0.5, 0.6) is 0 Å². The van der Waals surface area contributed by atoms with E-state index in [2.05, 4.69) is 25.6 Å². The zero-order valence-electron chi connectivity index (χ0n) is 16.0. The predicted octanol–water partition coefficient (Wildman–Crippen LogP) is 3.34. The van der Waals surface area contributed by atoms with Crippen LogP contribution in [0.1, 0.15) is 36.8 Å². The second-order valence-electron chi connectivity index (χ2n) is 7.23. The van der Waals surface area contributed by atoms with Crippen molar-refractivity contribution in [3.05, 3.63) is 45.9 Å². The summed E-state index contributed by atoms with van der Waals surface area (Å²) in [6.07, 6.45) is 2.31. The number of hydrogen-bond acceptors (Lipinski definition) is 8. The fourth-order valence-corrected chi connectivity index (χ4v) is 3.38. The Morgan fingerprint density at radius 1 is 1.20 bits per heavy atom. The summed E-state index contributed by atoms with van der Waals surface area (Å²) < 4.78 is 39.3. The van der Waals surface area contributed by atoms with E-state index in [9.17, 15) is 23.3 Å². The van der Waals surface area contributed by atoms with Crippen LogP contribution in [0.3, 0.4) is 0 Å². The van der Waals surface area contributed by atoms with Crippen LogP contribution in [0.15, 0.2) is 24.7 Å². The number of halogens is 3. The van der Waals surface area contributed by atoms with Crippen molar-refractivity contribution in [2.75, 3.05) is 17.2 Å². The second-order valence-corrected chi connectivity index (χ2v) is 7.23. The van der Waals surface area contributed by atoms with Gasteiger partial charge in [-0.15, -0.1) is 0 Å². The van der Waals surface area contributed by atoms with Gasteiger partial charge in [0.1, 0.15) is 6.20 Å². The molecule has 4 N–H and O–H groups in total. The van der Waals surface area contributed by atoms with Gasteiger partial charge in [0.2, 0.25) is 11.8 Å². The van der Waals surface area contributed by atoms with Crippen molar-refractivity contribution in [2.45, 2.75) is 44.4 Å². The third-order valence-corrected chi connectivity index (χ3v) is 5.06. The first-order valence-electron chi connectivity index (χ1n) is 9.49. The fourth-order valence-electron chi connectivity index (χ4n) is 3.38. The molecule has 12 heteroatoms. The van der Waals surface area contributed by atoms with Crippen molar-refractivity contribution in [3.8, 4) is 0 Å². The molecule has 9 nitrogen and oxygen atoms in total. The van der Waals surface area contributed by atoms with Gasteiger partial charge in [-0.1, -0.05) is 0 Å². The van der Waals surface area contributed by atoms with E-state index >= 15 is 0 Å². The van der Waals surface area contributed by atoms with Gasteiger partial charge in [0.25, 0.3) is 0 Å². The summed E-state index contributed by atoms with van der Waals surface area (Å²) in [6.45, 7) is 0.255. The van der Waals surface area contributed by atoms with Crippen molar-refractivity contribution < 1.29 is 18.1 Å². The van der Waals surface area contributed by atoms with E-state index in [0.717, 1.165) is 50.3 Å². The maximum absolute atomic E-state index is 13.1. The molecule has 1 fully saturated rings. The molecule has 0 spiro atoms. The third kappa shape index (κ3) is 5.53. The van der Waals surface area contributed by atoms with Crippen LogP contribution in [0.25, 0.3) is 0 Å². The lowest BCUT2D eigenvalue weighted by Crippen LogP contribution is -2.29. The lowest BCUT2D eigenvalue weighted by atomic mass is 9.86. The maximum Gasteiger partial charge on any atom is 0.416 e. The van der Waals surface area contributed by atoms with Crippen LogP contribution in [0, 0.1) is 16.0 Å².